The van der Waals surface area contributed by atoms with Crippen molar-refractivity contribution < 1.29 is 18.0 Å². The van der Waals surface area contributed by atoms with Gasteiger partial charge in [0.2, 0.25) is 5.91 Å². The van der Waals surface area contributed by atoms with Gasteiger partial charge in [-0.25, -0.2) is 0 Å². The molecule has 3 rings (SSSR count). The van der Waals surface area contributed by atoms with E-state index < -0.39 is 11.7 Å². The van der Waals surface area contributed by atoms with E-state index in [0.29, 0.717) is 16.7 Å². The molecule has 1 N–H and O–H groups in total. The molecule has 1 heterocycles. The molecule has 1 aromatic carbocycles. The molecule has 0 radical (unpaired) electrons. The zero-order valence-electron chi connectivity index (χ0n) is 17.9. The molecule has 1 aliphatic carbocycles. The van der Waals surface area contributed by atoms with Gasteiger partial charge < -0.3 is 14.8 Å². The first kappa shape index (κ1) is 23.4. The third-order valence-corrected chi connectivity index (χ3v) is 6.43. The molecule has 31 heavy (non-hydrogen) atoms. The van der Waals surface area contributed by atoms with E-state index in [1.54, 1.807) is 25.1 Å². The van der Waals surface area contributed by atoms with Gasteiger partial charge in [0, 0.05) is 25.8 Å². The first-order valence-corrected chi connectivity index (χ1v) is 11.3. The summed E-state index contributed by atoms with van der Waals surface area (Å²) < 4.78 is 41.1. The summed E-state index contributed by atoms with van der Waals surface area (Å²) in [4.78, 5) is 13.9. The number of alkyl halides is 3. The third kappa shape index (κ3) is 5.93. The summed E-state index contributed by atoms with van der Waals surface area (Å²) >= 11 is 1.37. The van der Waals surface area contributed by atoms with E-state index in [2.05, 4.69) is 20.1 Å². The standard InChI is InChI=1S/C21H28F3N5OS/c1-14(19(30)28(2)3)31-20-27-26-18(29(20)17-10-5-4-6-11-17)13-25-16-9-7-8-15(12-16)21(22,23)24/h7-9,12,14,17,25H,4-6,10-11,13H2,1-3H3. The van der Waals surface area contributed by atoms with Crippen LogP contribution in [0.15, 0.2) is 29.4 Å². The first-order chi connectivity index (χ1) is 14.7. The van der Waals surface area contributed by atoms with E-state index in [0.717, 1.165) is 37.8 Å². The van der Waals surface area contributed by atoms with Gasteiger partial charge in [0.1, 0.15) is 0 Å². The van der Waals surface area contributed by atoms with E-state index in [1.807, 2.05) is 6.92 Å². The number of nitrogens with zero attached hydrogens (tertiary/aromatic N) is 4. The molecular weight excluding hydrogens is 427 g/mol. The van der Waals surface area contributed by atoms with E-state index in [1.165, 1.54) is 24.2 Å². The smallest absolute Gasteiger partial charge is 0.378 e. The van der Waals surface area contributed by atoms with Crippen LogP contribution in [-0.2, 0) is 17.5 Å². The van der Waals surface area contributed by atoms with Crippen LogP contribution < -0.4 is 5.32 Å². The lowest BCUT2D eigenvalue weighted by Crippen LogP contribution is -2.30. The minimum Gasteiger partial charge on any atom is -0.378 e. The Bertz CT molecular complexity index is 893. The molecule has 1 aromatic heterocycles. The molecule has 0 saturated heterocycles. The Labute approximate surface area is 184 Å². The normalized spacial score (nSPS) is 16.2. The summed E-state index contributed by atoms with van der Waals surface area (Å²) in [6, 6.07) is 5.35. The molecular formula is C21H28F3N5OS. The lowest BCUT2D eigenvalue weighted by Gasteiger charge is -2.26. The summed E-state index contributed by atoms with van der Waals surface area (Å²) in [5, 5.41) is 12.1. The zero-order chi connectivity index (χ0) is 22.6. The molecule has 1 atom stereocenters. The second-order valence-electron chi connectivity index (χ2n) is 7.99. The molecule has 0 aliphatic heterocycles. The Kier molecular flexibility index (Phi) is 7.51. The van der Waals surface area contributed by atoms with Gasteiger partial charge in [-0.3, -0.25) is 4.79 Å². The van der Waals surface area contributed by atoms with Gasteiger partial charge in [-0.15, -0.1) is 10.2 Å². The fourth-order valence-corrected chi connectivity index (χ4v) is 4.86. The largest absolute Gasteiger partial charge is 0.416 e. The van der Waals surface area contributed by atoms with Crippen molar-refractivity contribution in [3.05, 3.63) is 35.7 Å². The van der Waals surface area contributed by atoms with Gasteiger partial charge in [-0.05, 0) is 38.0 Å². The molecule has 0 spiro atoms. The second-order valence-corrected chi connectivity index (χ2v) is 9.29. The highest BCUT2D eigenvalue weighted by Crippen LogP contribution is 2.35. The molecule has 1 fully saturated rings. The molecule has 0 bridgehead atoms. The number of benzene rings is 1. The van der Waals surface area contributed by atoms with E-state index in [9.17, 15) is 18.0 Å². The molecule has 10 heteroatoms. The van der Waals surface area contributed by atoms with Crippen LogP contribution in [-0.4, -0.2) is 44.9 Å². The number of hydrogen-bond acceptors (Lipinski definition) is 5. The SMILES string of the molecule is CC(Sc1nnc(CNc2cccc(C(F)(F)F)c2)n1C1CCCCC1)C(=O)N(C)C. The molecule has 1 unspecified atom stereocenters. The summed E-state index contributed by atoms with van der Waals surface area (Å²) in [5.41, 5.74) is -0.322. The summed E-state index contributed by atoms with van der Waals surface area (Å²) in [7, 11) is 3.44. The average molecular weight is 456 g/mol. The van der Waals surface area contributed by atoms with Gasteiger partial charge in [0.15, 0.2) is 11.0 Å². The van der Waals surface area contributed by atoms with Gasteiger partial charge in [0.25, 0.3) is 0 Å². The van der Waals surface area contributed by atoms with Crippen LogP contribution in [0.4, 0.5) is 18.9 Å². The van der Waals surface area contributed by atoms with Crippen LogP contribution in [0.3, 0.4) is 0 Å². The van der Waals surface area contributed by atoms with Crippen molar-refractivity contribution >= 4 is 23.4 Å². The number of rotatable bonds is 7. The fourth-order valence-electron chi connectivity index (χ4n) is 3.77. The quantitative estimate of drug-likeness (QED) is 0.597. The van der Waals surface area contributed by atoms with Crippen molar-refractivity contribution in [1.29, 1.82) is 0 Å². The highest BCUT2D eigenvalue weighted by atomic mass is 32.2. The molecule has 2 aromatic rings. The molecule has 1 aliphatic rings. The van der Waals surface area contributed by atoms with Crippen molar-refractivity contribution in [2.45, 2.75) is 68.2 Å². The van der Waals surface area contributed by atoms with E-state index in [-0.39, 0.29) is 23.7 Å². The first-order valence-electron chi connectivity index (χ1n) is 10.4. The number of aromatic nitrogens is 3. The number of carbonyl (C=O) groups excluding carboxylic acids is 1. The minimum absolute atomic E-state index is 0.00756. The molecule has 1 saturated carbocycles. The van der Waals surface area contributed by atoms with Crippen molar-refractivity contribution in [2.24, 2.45) is 0 Å². The Morgan fingerprint density at radius 1 is 1.26 bits per heavy atom. The number of thioether (sulfide) groups is 1. The lowest BCUT2D eigenvalue weighted by atomic mass is 9.95. The molecule has 1 amide bonds. The Hall–Kier alpha value is -2.23. The number of nitrogens with one attached hydrogen (secondary N) is 1. The van der Waals surface area contributed by atoms with Crippen molar-refractivity contribution in [3.63, 3.8) is 0 Å². The second kappa shape index (κ2) is 9.93. The van der Waals surface area contributed by atoms with Gasteiger partial charge in [-0.1, -0.05) is 37.1 Å². The number of anilines is 1. The van der Waals surface area contributed by atoms with Crippen LogP contribution in [0.1, 0.15) is 56.5 Å². The number of carbonyl (C=O) groups is 1. The van der Waals surface area contributed by atoms with Crippen LogP contribution in [0.2, 0.25) is 0 Å². The Morgan fingerprint density at radius 3 is 2.61 bits per heavy atom. The number of halogens is 3. The third-order valence-electron chi connectivity index (χ3n) is 5.39. The minimum atomic E-state index is -4.39. The average Bonchev–Trinajstić information content (AvgIpc) is 3.14. The van der Waals surface area contributed by atoms with Crippen LogP contribution >= 0.6 is 11.8 Å². The van der Waals surface area contributed by atoms with E-state index in [4.69, 9.17) is 0 Å². The Morgan fingerprint density at radius 2 is 1.97 bits per heavy atom. The summed E-state index contributed by atoms with van der Waals surface area (Å²) in [6.45, 7) is 2.09. The molecule has 6 nitrogen and oxygen atoms in total. The van der Waals surface area contributed by atoms with Crippen molar-refractivity contribution in [3.8, 4) is 0 Å². The predicted molar refractivity (Wildman–Crippen MR) is 115 cm³/mol. The lowest BCUT2D eigenvalue weighted by molar-refractivity contribution is -0.137. The zero-order valence-corrected chi connectivity index (χ0v) is 18.8. The van der Waals surface area contributed by atoms with Crippen molar-refractivity contribution in [2.75, 3.05) is 19.4 Å². The predicted octanol–water partition coefficient (Wildman–Crippen LogP) is 4.98. The summed E-state index contributed by atoms with van der Waals surface area (Å²) in [5.74, 6) is 0.656. The maximum absolute atomic E-state index is 13.0. The maximum atomic E-state index is 13.0. The fraction of sp³-hybridized carbons (Fsp3) is 0.571. The summed E-state index contributed by atoms with van der Waals surface area (Å²) in [6.07, 6.45) is 1.02. The van der Waals surface area contributed by atoms with Crippen LogP contribution in [0, 0.1) is 0 Å². The highest BCUT2D eigenvalue weighted by molar-refractivity contribution is 8.00. The van der Waals surface area contributed by atoms with Gasteiger partial charge in [0.05, 0.1) is 17.4 Å². The van der Waals surface area contributed by atoms with Crippen LogP contribution in [0.25, 0.3) is 0 Å². The maximum Gasteiger partial charge on any atom is 0.416 e. The van der Waals surface area contributed by atoms with E-state index >= 15 is 0 Å². The van der Waals surface area contributed by atoms with Gasteiger partial charge >= 0.3 is 6.18 Å². The highest BCUT2D eigenvalue weighted by Gasteiger charge is 2.30. The Balaban J connectivity index is 1.81. The van der Waals surface area contributed by atoms with Gasteiger partial charge in [-0.2, -0.15) is 13.2 Å². The monoisotopic (exact) mass is 455 g/mol. The topological polar surface area (TPSA) is 63.1 Å². The number of amides is 1. The number of hydrogen-bond donors (Lipinski definition) is 1. The van der Waals surface area contributed by atoms with Crippen LogP contribution in [0.5, 0.6) is 0 Å². The van der Waals surface area contributed by atoms with Crippen molar-refractivity contribution in [1.82, 2.24) is 19.7 Å². The molecule has 170 valence electrons.